The molecule has 4 heteroatoms. The van der Waals surface area contributed by atoms with Crippen LogP contribution in [0, 0.1) is 11.8 Å². The summed E-state index contributed by atoms with van der Waals surface area (Å²) in [6.07, 6.45) is 3.81. The van der Waals surface area contributed by atoms with Gasteiger partial charge in [0.05, 0.1) is 12.7 Å². The minimum atomic E-state index is -0.357. The number of hydrogen-bond acceptors (Lipinski definition) is 4. The number of carbonyl (C=O) groups is 1. The van der Waals surface area contributed by atoms with Crippen LogP contribution in [-0.4, -0.2) is 27.0 Å². The molecule has 0 aliphatic rings. The van der Waals surface area contributed by atoms with E-state index < -0.39 is 0 Å². The topological polar surface area (TPSA) is 44.8 Å². The van der Waals surface area contributed by atoms with E-state index >= 15 is 0 Å². The summed E-state index contributed by atoms with van der Waals surface area (Å²) < 4.78 is 15.1. The first-order valence-corrected chi connectivity index (χ1v) is 9.39. The van der Waals surface area contributed by atoms with E-state index in [1.807, 2.05) is 54.6 Å². The fourth-order valence-electron chi connectivity index (χ4n) is 2.83. The van der Waals surface area contributed by atoms with E-state index in [1.54, 1.807) is 31.4 Å². The number of allylic oxidation sites excluding steroid dienone is 1. The molecule has 0 saturated heterocycles. The van der Waals surface area contributed by atoms with Crippen LogP contribution in [0.3, 0.4) is 0 Å². The molecule has 0 aliphatic heterocycles. The highest BCUT2D eigenvalue weighted by Crippen LogP contribution is 2.26. The van der Waals surface area contributed by atoms with Crippen molar-refractivity contribution in [3.8, 4) is 28.7 Å². The van der Waals surface area contributed by atoms with Gasteiger partial charge in [0.1, 0.15) is 5.75 Å². The van der Waals surface area contributed by atoms with E-state index in [-0.39, 0.29) is 12.8 Å². The SMILES string of the molecule is COCOc1ccc(-c2ccccc2/C=C/C#Cc2ccc(C(=O)OC)cc2)cc1. The Labute approximate surface area is 176 Å². The van der Waals surface area contributed by atoms with Crippen molar-refractivity contribution in [2.45, 2.75) is 0 Å². The molecule has 0 unspecified atom stereocenters. The maximum Gasteiger partial charge on any atom is 0.337 e. The Morgan fingerprint density at radius 1 is 0.933 bits per heavy atom. The Kier molecular flexibility index (Phi) is 7.43. The molecule has 0 atom stereocenters. The van der Waals surface area contributed by atoms with Gasteiger partial charge in [-0.2, -0.15) is 0 Å². The maximum absolute atomic E-state index is 11.5. The maximum atomic E-state index is 11.5. The fourth-order valence-corrected chi connectivity index (χ4v) is 2.83. The number of benzene rings is 3. The number of ether oxygens (including phenoxy) is 3. The molecular weight excluding hydrogens is 376 g/mol. The molecule has 4 nitrogen and oxygen atoms in total. The average Bonchev–Trinajstić information content (AvgIpc) is 2.81. The smallest absolute Gasteiger partial charge is 0.337 e. The lowest BCUT2D eigenvalue weighted by Crippen LogP contribution is -2.00. The molecule has 30 heavy (non-hydrogen) atoms. The molecule has 0 radical (unpaired) electrons. The molecule has 0 N–H and O–H groups in total. The third-order valence-corrected chi connectivity index (χ3v) is 4.34. The van der Waals surface area contributed by atoms with E-state index in [4.69, 9.17) is 14.2 Å². The number of esters is 1. The van der Waals surface area contributed by atoms with Crippen LogP contribution in [0.1, 0.15) is 21.5 Å². The van der Waals surface area contributed by atoms with Crippen LogP contribution in [0.4, 0.5) is 0 Å². The van der Waals surface area contributed by atoms with Crippen molar-refractivity contribution in [1.29, 1.82) is 0 Å². The van der Waals surface area contributed by atoms with Gasteiger partial charge in [0.25, 0.3) is 0 Å². The number of carbonyl (C=O) groups excluding carboxylic acids is 1. The molecule has 0 aromatic heterocycles. The van der Waals surface area contributed by atoms with Crippen molar-refractivity contribution in [1.82, 2.24) is 0 Å². The van der Waals surface area contributed by atoms with E-state index in [0.717, 1.165) is 28.0 Å². The standard InChI is InChI=1S/C26H22O4/c1-28-19-30-24-17-15-22(16-18-24)25-10-6-5-9-21(25)8-4-3-7-20-11-13-23(14-12-20)26(27)29-2/h4-6,8-18H,19H2,1-2H3/b8-4+. The van der Waals surface area contributed by atoms with Crippen LogP contribution in [0.2, 0.25) is 0 Å². The Morgan fingerprint density at radius 3 is 2.37 bits per heavy atom. The van der Waals surface area contributed by atoms with Gasteiger partial charge < -0.3 is 14.2 Å². The number of methoxy groups -OCH3 is 2. The van der Waals surface area contributed by atoms with Crippen LogP contribution >= 0.6 is 0 Å². The van der Waals surface area contributed by atoms with Crippen molar-refractivity contribution in [3.63, 3.8) is 0 Å². The lowest BCUT2D eigenvalue weighted by molar-refractivity contribution is 0.0511. The first-order chi connectivity index (χ1) is 14.7. The molecule has 3 aromatic carbocycles. The first kappa shape index (κ1) is 20.9. The molecule has 3 rings (SSSR count). The van der Waals surface area contributed by atoms with Crippen molar-refractivity contribution >= 4 is 12.0 Å². The Balaban J connectivity index is 1.73. The van der Waals surface area contributed by atoms with Gasteiger partial charge in [-0.05, 0) is 65.2 Å². The molecular formula is C26H22O4. The second-order valence-corrected chi connectivity index (χ2v) is 6.33. The first-order valence-electron chi connectivity index (χ1n) is 9.39. The summed E-state index contributed by atoms with van der Waals surface area (Å²) in [4.78, 5) is 11.5. The lowest BCUT2D eigenvalue weighted by atomic mass is 9.99. The molecule has 0 spiro atoms. The third kappa shape index (κ3) is 5.60. The monoisotopic (exact) mass is 398 g/mol. The largest absolute Gasteiger partial charge is 0.468 e. The van der Waals surface area contributed by atoms with Gasteiger partial charge in [0, 0.05) is 12.7 Å². The molecule has 0 fully saturated rings. The van der Waals surface area contributed by atoms with E-state index in [1.165, 1.54) is 7.11 Å². The minimum absolute atomic E-state index is 0.225. The molecule has 150 valence electrons. The second-order valence-electron chi connectivity index (χ2n) is 6.33. The van der Waals surface area contributed by atoms with Crippen molar-refractivity contribution in [3.05, 3.63) is 95.6 Å². The third-order valence-electron chi connectivity index (χ3n) is 4.34. The summed E-state index contributed by atoms with van der Waals surface area (Å²) in [6, 6.07) is 23.0. The van der Waals surface area contributed by atoms with Crippen LogP contribution in [0.5, 0.6) is 5.75 Å². The Hall–Kier alpha value is -3.81. The molecule has 3 aromatic rings. The number of rotatable bonds is 6. The zero-order valence-corrected chi connectivity index (χ0v) is 16.9. The van der Waals surface area contributed by atoms with Crippen molar-refractivity contribution in [2.24, 2.45) is 0 Å². The zero-order chi connectivity index (χ0) is 21.2. The average molecular weight is 398 g/mol. The van der Waals surface area contributed by atoms with Gasteiger partial charge in [0.2, 0.25) is 0 Å². The van der Waals surface area contributed by atoms with Crippen LogP contribution in [0.15, 0.2) is 78.9 Å². The van der Waals surface area contributed by atoms with Gasteiger partial charge in [-0.3, -0.25) is 0 Å². The molecule has 0 heterocycles. The minimum Gasteiger partial charge on any atom is -0.468 e. The Bertz CT molecular complexity index is 1070. The zero-order valence-electron chi connectivity index (χ0n) is 16.9. The van der Waals surface area contributed by atoms with Crippen molar-refractivity contribution < 1.29 is 19.0 Å². The predicted octanol–water partition coefficient (Wildman–Crippen LogP) is 5.19. The fraction of sp³-hybridized carbons (Fsp3) is 0.115. The van der Waals surface area contributed by atoms with E-state index in [0.29, 0.717) is 5.56 Å². The summed E-state index contributed by atoms with van der Waals surface area (Å²) in [5.74, 6) is 6.52. The summed E-state index contributed by atoms with van der Waals surface area (Å²) in [6.45, 7) is 0.225. The van der Waals surface area contributed by atoms with Gasteiger partial charge >= 0.3 is 5.97 Å². The molecule has 0 amide bonds. The van der Waals surface area contributed by atoms with Crippen LogP contribution in [0.25, 0.3) is 17.2 Å². The normalized spacial score (nSPS) is 10.3. The van der Waals surface area contributed by atoms with Crippen molar-refractivity contribution in [2.75, 3.05) is 21.0 Å². The summed E-state index contributed by atoms with van der Waals surface area (Å²) >= 11 is 0. The van der Waals surface area contributed by atoms with Gasteiger partial charge in [-0.15, -0.1) is 0 Å². The highest BCUT2D eigenvalue weighted by Gasteiger charge is 2.04. The highest BCUT2D eigenvalue weighted by molar-refractivity contribution is 5.89. The summed E-state index contributed by atoms with van der Waals surface area (Å²) in [7, 11) is 2.96. The Morgan fingerprint density at radius 2 is 1.67 bits per heavy atom. The highest BCUT2D eigenvalue weighted by atomic mass is 16.7. The van der Waals surface area contributed by atoms with Gasteiger partial charge in [-0.1, -0.05) is 48.2 Å². The van der Waals surface area contributed by atoms with E-state index in [9.17, 15) is 4.79 Å². The van der Waals surface area contributed by atoms with Crippen LogP contribution in [-0.2, 0) is 9.47 Å². The summed E-state index contributed by atoms with van der Waals surface area (Å²) in [5.41, 5.74) is 4.60. The van der Waals surface area contributed by atoms with Crippen LogP contribution < -0.4 is 4.74 Å². The summed E-state index contributed by atoms with van der Waals surface area (Å²) in [5, 5.41) is 0. The van der Waals surface area contributed by atoms with Gasteiger partial charge in [0.15, 0.2) is 6.79 Å². The van der Waals surface area contributed by atoms with E-state index in [2.05, 4.69) is 17.9 Å². The predicted molar refractivity (Wildman–Crippen MR) is 118 cm³/mol. The molecule has 0 saturated carbocycles. The molecule has 0 bridgehead atoms. The lowest BCUT2D eigenvalue weighted by Gasteiger charge is -2.08. The number of hydrogen-bond donors (Lipinski definition) is 0. The second kappa shape index (κ2) is 10.7. The quantitative estimate of drug-likeness (QED) is 0.326. The van der Waals surface area contributed by atoms with Gasteiger partial charge in [-0.25, -0.2) is 4.79 Å². The molecule has 0 aliphatic carbocycles.